The van der Waals surface area contributed by atoms with Gasteiger partial charge in [-0.3, -0.25) is 9.59 Å². The van der Waals surface area contributed by atoms with Crippen LogP contribution in [0.1, 0.15) is 30.7 Å². The Labute approximate surface area is 107 Å². The summed E-state index contributed by atoms with van der Waals surface area (Å²) < 4.78 is 0. The zero-order valence-electron chi connectivity index (χ0n) is 8.94. The molecule has 0 N–H and O–H groups in total. The third-order valence-electron chi connectivity index (χ3n) is 2.16. The minimum Gasteiger partial charge on any atom is -0.288 e. The number of rotatable bonds is 3. The number of halogens is 1. The lowest BCUT2D eigenvalue weighted by atomic mass is 10.1. The number of aromatic nitrogens is 1. The van der Waals surface area contributed by atoms with Crippen molar-refractivity contribution in [3.8, 4) is 0 Å². The summed E-state index contributed by atoms with van der Waals surface area (Å²) in [6.45, 7) is 1.73. The highest BCUT2D eigenvalue weighted by atomic mass is 35.5. The van der Waals surface area contributed by atoms with Gasteiger partial charge in [-0.15, -0.1) is 11.3 Å². The fourth-order valence-electron chi connectivity index (χ4n) is 1.43. The summed E-state index contributed by atoms with van der Waals surface area (Å²) in [5.74, 6) is -0.222. The molecule has 0 fully saturated rings. The fourth-order valence-corrected chi connectivity index (χ4v) is 2.51. The van der Waals surface area contributed by atoms with Crippen LogP contribution >= 0.6 is 22.9 Å². The second-order valence-corrected chi connectivity index (χ2v) is 4.93. The van der Waals surface area contributed by atoms with Crippen LogP contribution in [0.3, 0.4) is 0 Å². The largest absolute Gasteiger partial charge is 0.288 e. The Morgan fingerprint density at radius 3 is 2.47 bits per heavy atom. The van der Waals surface area contributed by atoms with Gasteiger partial charge in [0.1, 0.15) is 10.6 Å². The van der Waals surface area contributed by atoms with E-state index in [1.54, 1.807) is 31.2 Å². The van der Waals surface area contributed by atoms with Crippen LogP contribution in [-0.4, -0.2) is 16.0 Å². The van der Waals surface area contributed by atoms with Crippen LogP contribution < -0.4 is 0 Å². The van der Waals surface area contributed by atoms with E-state index in [9.17, 15) is 9.59 Å². The lowest BCUT2D eigenvalue weighted by molar-refractivity contribution is 0.102. The summed E-state index contributed by atoms with van der Waals surface area (Å²) >= 11 is 6.59. The summed E-state index contributed by atoms with van der Waals surface area (Å²) in [5, 5.41) is -0.0538. The summed E-state index contributed by atoms with van der Waals surface area (Å²) in [7, 11) is 0. The number of hydrogen-bond acceptors (Lipinski definition) is 4. The van der Waals surface area contributed by atoms with Gasteiger partial charge in [-0.25, -0.2) is 4.98 Å². The van der Waals surface area contributed by atoms with Crippen LogP contribution in [0.5, 0.6) is 0 Å². The Morgan fingerprint density at radius 1 is 1.24 bits per heavy atom. The third-order valence-corrected chi connectivity index (χ3v) is 3.31. The maximum absolute atomic E-state index is 12.1. The van der Waals surface area contributed by atoms with Crippen LogP contribution in [0.2, 0.25) is 0 Å². The number of carbonyl (C=O) groups excluding carboxylic acids is 2. The normalized spacial score (nSPS) is 10.2. The maximum Gasteiger partial charge on any atom is 0.272 e. The molecule has 2 rings (SSSR count). The molecule has 17 heavy (non-hydrogen) atoms. The molecular weight excluding hydrogens is 258 g/mol. The van der Waals surface area contributed by atoms with E-state index < -0.39 is 5.24 Å². The van der Waals surface area contributed by atoms with E-state index in [0.29, 0.717) is 15.4 Å². The molecule has 1 aromatic carbocycles. The van der Waals surface area contributed by atoms with Crippen LogP contribution in [-0.2, 0) is 0 Å². The lowest BCUT2D eigenvalue weighted by Gasteiger charge is -1.98. The molecule has 0 aliphatic heterocycles. The van der Waals surface area contributed by atoms with Gasteiger partial charge in [0.05, 0.1) is 5.01 Å². The Morgan fingerprint density at radius 2 is 1.88 bits per heavy atom. The van der Waals surface area contributed by atoms with Crippen molar-refractivity contribution >= 4 is 34.0 Å². The van der Waals surface area contributed by atoms with Crippen LogP contribution in [0.15, 0.2) is 30.3 Å². The number of benzene rings is 1. The molecule has 0 saturated carbocycles. The summed E-state index contributed by atoms with van der Waals surface area (Å²) in [6, 6.07) is 8.74. The molecule has 0 amide bonds. The van der Waals surface area contributed by atoms with E-state index in [-0.39, 0.29) is 11.5 Å². The second kappa shape index (κ2) is 4.77. The van der Waals surface area contributed by atoms with Crippen molar-refractivity contribution in [2.24, 2.45) is 0 Å². The molecule has 0 unspecified atom stereocenters. The number of ketones is 1. The molecule has 0 atom stereocenters. The Hall–Kier alpha value is -1.52. The highest BCUT2D eigenvalue weighted by Gasteiger charge is 2.21. The van der Waals surface area contributed by atoms with Crippen LogP contribution in [0.4, 0.5) is 0 Å². The number of nitrogens with zero attached hydrogens (tertiary/aromatic N) is 1. The standard InChI is InChI=1S/C12H8ClNO2S/c1-7-14-9(12(13)16)11(17-7)10(15)8-5-3-2-4-6-8/h2-6H,1H3. The zero-order valence-corrected chi connectivity index (χ0v) is 10.5. The van der Waals surface area contributed by atoms with E-state index in [1.165, 1.54) is 11.3 Å². The highest BCUT2D eigenvalue weighted by Crippen LogP contribution is 2.22. The molecular formula is C12H8ClNO2S. The predicted octanol–water partition coefficient (Wildman–Crippen LogP) is 3.06. The molecule has 0 aliphatic rings. The second-order valence-electron chi connectivity index (χ2n) is 3.38. The first-order valence-electron chi connectivity index (χ1n) is 4.86. The van der Waals surface area contributed by atoms with Gasteiger partial charge >= 0.3 is 0 Å². The fraction of sp³-hybridized carbons (Fsp3) is 0.0833. The number of carbonyl (C=O) groups is 2. The van der Waals surface area contributed by atoms with Gasteiger partial charge < -0.3 is 0 Å². The predicted molar refractivity (Wildman–Crippen MR) is 66.9 cm³/mol. The van der Waals surface area contributed by atoms with Crippen molar-refractivity contribution in [2.45, 2.75) is 6.92 Å². The highest BCUT2D eigenvalue weighted by molar-refractivity contribution is 7.14. The Kier molecular flexibility index (Phi) is 3.36. The van der Waals surface area contributed by atoms with Crippen molar-refractivity contribution in [1.82, 2.24) is 4.98 Å². The van der Waals surface area contributed by atoms with Gasteiger partial charge in [-0.1, -0.05) is 30.3 Å². The van der Waals surface area contributed by atoms with E-state index in [0.717, 1.165) is 0 Å². The topological polar surface area (TPSA) is 47.0 Å². The van der Waals surface area contributed by atoms with Gasteiger partial charge in [0, 0.05) is 5.56 Å². The maximum atomic E-state index is 12.1. The molecule has 1 heterocycles. The Balaban J connectivity index is 2.48. The Bertz CT molecular complexity index is 577. The first-order chi connectivity index (χ1) is 8.09. The molecule has 5 heteroatoms. The van der Waals surface area contributed by atoms with Gasteiger partial charge in [0.25, 0.3) is 5.24 Å². The van der Waals surface area contributed by atoms with Crippen molar-refractivity contribution in [1.29, 1.82) is 0 Å². The molecule has 1 aromatic heterocycles. The van der Waals surface area contributed by atoms with E-state index >= 15 is 0 Å². The average Bonchev–Trinajstić information content (AvgIpc) is 2.72. The van der Waals surface area contributed by atoms with Gasteiger partial charge in [0.15, 0.2) is 0 Å². The number of aryl methyl sites for hydroxylation is 1. The molecule has 3 nitrogen and oxygen atoms in total. The monoisotopic (exact) mass is 265 g/mol. The van der Waals surface area contributed by atoms with Crippen molar-refractivity contribution in [3.05, 3.63) is 51.5 Å². The summed E-state index contributed by atoms with van der Waals surface area (Å²) in [5.41, 5.74) is 0.568. The van der Waals surface area contributed by atoms with E-state index in [1.807, 2.05) is 6.07 Å². The quantitative estimate of drug-likeness (QED) is 0.633. The first-order valence-corrected chi connectivity index (χ1v) is 6.06. The molecule has 0 saturated heterocycles. The SMILES string of the molecule is Cc1nc(C(=O)Cl)c(C(=O)c2ccccc2)s1. The molecule has 2 aromatic rings. The van der Waals surface area contributed by atoms with Gasteiger partial charge in [0.2, 0.25) is 5.78 Å². The first kappa shape index (κ1) is 12.0. The van der Waals surface area contributed by atoms with Crippen molar-refractivity contribution < 1.29 is 9.59 Å². The third kappa shape index (κ3) is 2.43. The molecule has 0 radical (unpaired) electrons. The van der Waals surface area contributed by atoms with Gasteiger partial charge in [-0.05, 0) is 18.5 Å². The summed E-state index contributed by atoms with van der Waals surface area (Å²) in [6.07, 6.45) is 0. The minimum absolute atomic E-state index is 0.0445. The van der Waals surface area contributed by atoms with Gasteiger partial charge in [-0.2, -0.15) is 0 Å². The zero-order chi connectivity index (χ0) is 12.4. The smallest absolute Gasteiger partial charge is 0.272 e. The number of hydrogen-bond donors (Lipinski definition) is 0. The number of thiazole rings is 1. The molecule has 0 bridgehead atoms. The van der Waals surface area contributed by atoms with Crippen LogP contribution in [0.25, 0.3) is 0 Å². The van der Waals surface area contributed by atoms with Crippen LogP contribution in [0, 0.1) is 6.92 Å². The summed E-state index contributed by atoms with van der Waals surface area (Å²) in [4.78, 5) is 27.6. The van der Waals surface area contributed by atoms with Crippen molar-refractivity contribution in [3.63, 3.8) is 0 Å². The molecule has 0 aliphatic carbocycles. The lowest BCUT2D eigenvalue weighted by Crippen LogP contribution is -2.04. The van der Waals surface area contributed by atoms with Crippen molar-refractivity contribution in [2.75, 3.05) is 0 Å². The molecule has 0 spiro atoms. The van der Waals surface area contributed by atoms with E-state index in [2.05, 4.69) is 4.98 Å². The van der Waals surface area contributed by atoms with E-state index in [4.69, 9.17) is 11.6 Å². The molecule has 86 valence electrons. The average molecular weight is 266 g/mol. The minimum atomic E-state index is -0.700.